The van der Waals surface area contributed by atoms with Crippen LogP contribution in [0.25, 0.3) is 0 Å². The van der Waals surface area contributed by atoms with E-state index < -0.39 is 6.04 Å². The third kappa shape index (κ3) is 6.55. The lowest BCUT2D eigenvalue weighted by molar-refractivity contribution is -0.135. The molecule has 0 spiro atoms. The third-order valence-electron chi connectivity index (χ3n) is 6.87. The number of hydrogen-bond donors (Lipinski definition) is 1. The van der Waals surface area contributed by atoms with E-state index in [1.807, 2.05) is 49.4 Å². The van der Waals surface area contributed by atoms with Crippen LogP contribution in [0.3, 0.4) is 0 Å². The van der Waals surface area contributed by atoms with E-state index in [1.54, 1.807) is 40.1 Å². The minimum absolute atomic E-state index is 0.171. The van der Waals surface area contributed by atoms with E-state index in [1.165, 1.54) is 0 Å². The largest absolute Gasteiger partial charge is 0.340 e. The van der Waals surface area contributed by atoms with Crippen LogP contribution in [-0.2, 0) is 17.6 Å². The van der Waals surface area contributed by atoms with Gasteiger partial charge in [-0.3, -0.25) is 14.4 Å². The van der Waals surface area contributed by atoms with Gasteiger partial charge in [-0.25, -0.2) is 0 Å². The van der Waals surface area contributed by atoms with Crippen molar-refractivity contribution >= 4 is 40.9 Å². The Hall–Kier alpha value is -3.35. The first kappa shape index (κ1) is 27.7. The van der Waals surface area contributed by atoms with Crippen LogP contribution in [0.2, 0.25) is 10.0 Å². The molecule has 0 aliphatic carbocycles. The second-order valence-electron chi connectivity index (χ2n) is 9.52. The molecule has 38 heavy (non-hydrogen) atoms. The molecule has 6 nitrogen and oxygen atoms in total. The van der Waals surface area contributed by atoms with Gasteiger partial charge < -0.3 is 15.1 Å². The number of nitrogens with one attached hydrogen (secondary N) is 1. The summed E-state index contributed by atoms with van der Waals surface area (Å²) in [6.07, 6.45) is 1.25. The van der Waals surface area contributed by atoms with Crippen LogP contribution in [0.4, 0.5) is 0 Å². The Balaban J connectivity index is 1.48. The van der Waals surface area contributed by atoms with Gasteiger partial charge in [0.2, 0.25) is 5.91 Å². The van der Waals surface area contributed by atoms with Crippen LogP contribution in [0, 0.1) is 0 Å². The fourth-order valence-electron chi connectivity index (χ4n) is 4.68. The molecule has 1 N–H and O–H groups in total. The molecule has 2 atom stereocenters. The number of halogens is 2. The van der Waals surface area contributed by atoms with Gasteiger partial charge in [-0.05, 0) is 54.8 Å². The Morgan fingerprint density at radius 3 is 2.29 bits per heavy atom. The Labute approximate surface area is 233 Å². The first-order valence-electron chi connectivity index (χ1n) is 12.7. The first-order chi connectivity index (χ1) is 18.3. The normalized spacial score (nSPS) is 16.2. The minimum atomic E-state index is -0.740. The number of amides is 3. The maximum atomic E-state index is 13.7. The standard InChI is InChI=1S/C30H31Cl2N3O3/c1-3-21-9-11-23(12-10-21)28(36)33-27(17-22-7-5-4-6-8-22)30(38)34-15-16-35(20(2)19-34)29(37)25-14-13-24(31)18-26(25)32/h4-14,18,20,27H,3,15-17,19H2,1-2H3,(H,33,36)/t20-,27+/m0/s1. The zero-order chi connectivity index (χ0) is 27.2. The second kappa shape index (κ2) is 12.5. The number of rotatable bonds is 7. The van der Waals surface area contributed by atoms with Crippen molar-refractivity contribution in [2.45, 2.75) is 38.8 Å². The Morgan fingerprint density at radius 1 is 0.947 bits per heavy atom. The number of nitrogens with zero attached hydrogens (tertiary/aromatic N) is 2. The summed E-state index contributed by atoms with van der Waals surface area (Å²) in [6, 6.07) is 20.9. The fourth-order valence-corrected chi connectivity index (χ4v) is 5.17. The van der Waals surface area contributed by atoms with Gasteiger partial charge in [-0.15, -0.1) is 0 Å². The van der Waals surface area contributed by atoms with E-state index in [0.29, 0.717) is 47.2 Å². The Morgan fingerprint density at radius 2 is 1.66 bits per heavy atom. The SMILES string of the molecule is CCc1ccc(C(=O)N[C@H](Cc2ccccc2)C(=O)N2CCN(C(=O)c3ccc(Cl)cc3Cl)[C@@H](C)C2)cc1. The second-order valence-corrected chi connectivity index (χ2v) is 10.4. The summed E-state index contributed by atoms with van der Waals surface area (Å²) in [5.74, 6) is -0.659. The topological polar surface area (TPSA) is 69.7 Å². The van der Waals surface area contributed by atoms with Crippen LogP contribution >= 0.6 is 23.2 Å². The van der Waals surface area contributed by atoms with Crippen LogP contribution in [0.5, 0.6) is 0 Å². The average molecular weight is 553 g/mol. The Bertz CT molecular complexity index is 1300. The lowest BCUT2D eigenvalue weighted by Crippen LogP contribution is -2.59. The summed E-state index contributed by atoms with van der Waals surface area (Å²) < 4.78 is 0. The van der Waals surface area contributed by atoms with Gasteiger partial charge in [0.25, 0.3) is 11.8 Å². The summed E-state index contributed by atoms with van der Waals surface area (Å²) >= 11 is 12.3. The van der Waals surface area contributed by atoms with Crippen LogP contribution in [0.1, 0.15) is 45.7 Å². The van der Waals surface area contributed by atoms with E-state index in [2.05, 4.69) is 12.2 Å². The number of benzene rings is 3. The van der Waals surface area contributed by atoms with Crippen molar-refractivity contribution in [3.63, 3.8) is 0 Å². The monoisotopic (exact) mass is 551 g/mol. The highest BCUT2D eigenvalue weighted by Crippen LogP contribution is 2.24. The van der Waals surface area contributed by atoms with Gasteiger partial charge in [0.05, 0.1) is 10.6 Å². The van der Waals surface area contributed by atoms with E-state index >= 15 is 0 Å². The van der Waals surface area contributed by atoms with E-state index in [0.717, 1.165) is 17.5 Å². The Kier molecular flexibility index (Phi) is 9.08. The van der Waals surface area contributed by atoms with Crippen molar-refractivity contribution in [2.24, 2.45) is 0 Å². The summed E-state index contributed by atoms with van der Waals surface area (Å²) in [6.45, 7) is 5.02. The smallest absolute Gasteiger partial charge is 0.255 e. The lowest BCUT2D eigenvalue weighted by atomic mass is 10.0. The van der Waals surface area contributed by atoms with Crippen molar-refractivity contribution in [2.75, 3.05) is 19.6 Å². The molecular formula is C30H31Cl2N3O3. The molecule has 0 radical (unpaired) electrons. The van der Waals surface area contributed by atoms with Gasteiger partial charge in [0.15, 0.2) is 0 Å². The molecule has 1 heterocycles. The molecular weight excluding hydrogens is 521 g/mol. The van der Waals surface area contributed by atoms with Crippen LogP contribution in [-0.4, -0.2) is 59.2 Å². The van der Waals surface area contributed by atoms with Crippen molar-refractivity contribution < 1.29 is 14.4 Å². The number of aryl methyl sites for hydroxylation is 1. The van der Waals surface area contributed by atoms with Crippen molar-refractivity contribution in [1.29, 1.82) is 0 Å². The van der Waals surface area contributed by atoms with E-state index in [4.69, 9.17) is 23.2 Å². The van der Waals surface area contributed by atoms with Gasteiger partial charge in [0.1, 0.15) is 6.04 Å². The van der Waals surface area contributed by atoms with E-state index in [-0.39, 0.29) is 23.8 Å². The lowest BCUT2D eigenvalue weighted by Gasteiger charge is -2.41. The highest BCUT2D eigenvalue weighted by atomic mass is 35.5. The molecule has 4 rings (SSSR count). The molecule has 1 aliphatic rings. The summed E-state index contributed by atoms with van der Waals surface area (Å²) in [7, 11) is 0. The highest BCUT2D eigenvalue weighted by molar-refractivity contribution is 6.36. The number of carbonyl (C=O) groups is 3. The minimum Gasteiger partial charge on any atom is -0.340 e. The van der Waals surface area contributed by atoms with Gasteiger partial charge in [0, 0.05) is 42.7 Å². The van der Waals surface area contributed by atoms with Crippen LogP contribution < -0.4 is 5.32 Å². The predicted octanol–water partition coefficient (Wildman–Crippen LogP) is 5.27. The number of piperazine rings is 1. The highest BCUT2D eigenvalue weighted by Gasteiger charge is 2.34. The van der Waals surface area contributed by atoms with E-state index in [9.17, 15) is 14.4 Å². The molecule has 0 saturated carbocycles. The van der Waals surface area contributed by atoms with Gasteiger partial charge >= 0.3 is 0 Å². The molecule has 0 unspecified atom stereocenters. The quantitative estimate of drug-likeness (QED) is 0.434. The summed E-state index contributed by atoms with van der Waals surface area (Å²) in [5, 5.41) is 3.72. The number of carbonyl (C=O) groups excluding carboxylic acids is 3. The van der Waals surface area contributed by atoms with Crippen molar-refractivity contribution in [1.82, 2.24) is 15.1 Å². The molecule has 0 bridgehead atoms. The molecule has 0 aromatic heterocycles. The molecule has 1 saturated heterocycles. The molecule has 3 aromatic rings. The molecule has 3 aromatic carbocycles. The molecule has 198 valence electrons. The fraction of sp³-hybridized carbons (Fsp3) is 0.300. The maximum Gasteiger partial charge on any atom is 0.255 e. The van der Waals surface area contributed by atoms with Crippen molar-refractivity contribution in [3.05, 3.63) is 105 Å². The van der Waals surface area contributed by atoms with Gasteiger partial charge in [-0.1, -0.05) is 72.6 Å². The molecule has 1 aliphatic heterocycles. The average Bonchev–Trinajstić information content (AvgIpc) is 2.92. The zero-order valence-electron chi connectivity index (χ0n) is 21.5. The van der Waals surface area contributed by atoms with Crippen molar-refractivity contribution in [3.8, 4) is 0 Å². The molecule has 3 amide bonds. The summed E-state index contributed by atoms with van der Waals surface area (Å²) in [5.41, 5.74) is 2.98. The number of hydrogen-bond acceptors (Lipinski definition) is 3. The maximum absolute atomic E-state index is 13.7. The summed E-state index contributed by atoms with van der Waals surface area (Å²) in [4.78, 5) is 43.4. The predicted molar refractivity (Wildman–Crippen MR) is 151 cm³/mol. The van der Waals surface area contributed by atoms with Gasteiger partial charge in [-0.2, -0.15) is 0 Å². The molecule has 1 fully saturated rings. The molecule has 8 heteroatoms. The third-order valence-corrected chi connectivity index (χ3v) is 7.42. The van der Waals surface area contributed by atoms with Crippen LogP contribution in [0.15, 0.2) is 72.8 Å². The first-order valence-corrected chi connectivity index (χ1v) is 13.5. The zero-order valence-corrected chi connectivity index (χ0v) is 23.0.